The van der Waals surface area contributed by atoms with Crippen LogP contribution in [0.25, 0.3) is 10.4 Å². The molecule has 4 saturated carbocycles. The number of carbonyl (C=O) groups is 4. The summed E-state index contributed by atoms with van der Waals surface area (Å²) in [5, 5.41) is 3.35. The molecule has 0 N–H and O–H groups in total. The molecule has 174 valence electrons. The van der Waals surface area contributed by atoms with Crippen LogP contribution in [-0.4, -0.2) is 29.7 Å². The second-order valence-electron chi connectivity index (χ2n) is 11.4. The number of azide groups is 1. The molecular formula is C25H35N3O4. The Kier molecular flexibility index (Phi) is 6.08. The van der Waals surface area contributed by atoms with Crippen molar-refractivity contribution < 1.29 is 19.2 Å². The van der Waals surface area contributed by atoms with Crippen molar-refractivity contribution in [2.75, 3.05) is 6.54 Å². The van der Waals surface area contributed by atoms with E-state index in [1.165, 1.54) is 0 Å². The van der Waals surface area contributed by atoms with Gasteiger partial charge in [-0.15, -0.1) is 0 Å². The van der Waals surface area contributed by atoms with E-state index in [0.29, 0.717) is 38.5 Å². The SMILES string of the molecule is C[C@H](CCC(=O)CN=[N+]=[N-])[C@H]1CC[C@H]2[C@@H]3C(=O)C[C@@H]4CC(=O)CC[C@]4(C)[C@H]3CC(=O)[C@]12C. The maximum absolute atomic E-state index is 13.7. The topological polar surface area (TPSA) is 117 Å². The van der Waals surface area contributed by atoms with E-state index in [-0.39, 0.29) is 70.6 Å². The first kappa shape index (κ1) is 23.2. The van der Waals surface area contributed by atoms with Gasteiger partial charge in [0, 0.05) is 48.3 Å². The van der Waals surface area contributed by atoms with E-state index >= 15 is 0 Å². The van der Waals surface area contributed by atoms with Crippen LogP contribution in [0, 0.1) is 46.3 Å². The summed E-state index contributed by atoms with van der Waals surface area (Å²) < 4.78 is 0. The molecule has 0 aromatic heterocycles. The Morgan fingerprint density at radius 2 is 1.91 bits per heavy atom. The summed E-state index contributed by atoms with van der Waals surface area (Å²) in [6.07, 6.45) is 5.62. The molecule has 0 aromatic rings. The third-order valence-corrected chi connectivity index (χ3v) is 10.1. The first-order chi connectivity index (χ1) is 15.1. The molecule has 0 amide bonds. The molecule has 7 nitrogen and oxygen atoms in total. The van der Waals surface area contributed by atoms with E-state index in [1.54, 1.807) is 0 Å². The molecule has 8 atom stereocenters. The number of fused-ring (bicyclic) bond motifs is 5. The molecule has 4 aliphatic rings. The number of nitrogens with zero attached hydrogens (tertiary/aromatic N) is 3. The van der Waals surface area contributed by atoms with Gasteiger partial charge in [-0.1, -0.05) is 25.9 Å². The van der Waals surface area contributed by atoms with Crippen LogP contribution in [0.15, 0.2) is 5.11 Å². The fraction of sp³-hybridized carbons (Fsp3) is 0.840. The Bertz CT molecular complexity index is 894. The van der Waals surface area contributed by atoms with Gasteiger partial charge in [-0.25, -0.2) is 0 Å². The van der Waals surface area contributed by atoms with E-state index in [0.717, 1.165) is 19.3 Å². The Balaban J connectivity index is 1.55. The first-order valence-electron chi connectivity index (χ1n) is 12.2. The summed E-state index contributed by atoms with van der Waals surface area (Å²) >= 11 is 0. The molecule has 0 spiro atoms. The van der Waals surface area contributed by atoms with Crippen LogP contribution in [0.3, 0.4) is 0 Å². The van der Waals surface area contributed by atoms with Gasteiger partial charge in [0.15, 0.2) is 0 Å². The van der Waals surface area contributed by atoms with Gasteiger partial charge in [0.2, 0.25) is 0 Å². The summed E-state index contributed by atoms with van der Waals surface area (Å²) in [4.78, 5) is 53.8. The van der Waals surface area contributed by atoms with Crippen molar-refractivity contribution in [3.05, 3.63) is 10.4 Å². The second kappa shape index (κ2) is 8.40. The Labute approximate surface area is 189 Å². The molecule has 4 rings (SSSR count). The van der Waals surface area contributed by atoms with Crippen LogP contribution in [0.4, 0.5) is 0 Å². The number of Topliss-reactive ketones (excluding diaryl/α,β-unsaturated/α-hetero) is 4. The van der Waals surface area contributed by atoms with Crippen LogP contribution in [0.2, 0.25) is 0 Å². The number of ketones is 4. The number of hydrogen-bond donors (Lipinski definition) is 0. The third kappa shape index (κ3) is 3.53. The fourth-order valence-corrected chi connectivity index (χ4v) is 8.17. The van der Waals surface area contributed by atoms with E-state index in [9.17, 15) is 19.2 Å². The molecule has 0 bridgehead atoms. The van der Waals surface area contributed by atoms with Gasteiger partial charge in [-0.3, -0.25) is 19.2 Å². The molecule has 32 heavy (non-hydrogen) atoms. The van der Waals surface area contributed by atoms with Crippen LogP contribution in [0.5, 0.6) is 0 Å². The average Bonchev–Trinajstić information content (AvgIpc) is 3.11. The number of hydrogen-bond acceptors (Lipinski definition) is 5. The largest absolute Gasteiger partial charge is 0.300 e. The maximum atomic E-state index is 13.7. The standard InChI is InChI=1S/C25H35N3O4/c1-14(4-5-17(30)13-27-28-26)18-6-7-19-23-20(12-22(32)25(18,19)3)24(2)9-8-16(29)10-15(24)11-21(23)31/h14-15,18-20,23H,4-13H2,1-3H3/t14-,15+,18-,19+,20+,23+,24+,25-/m1/s1. The smallest absolute Gasteiger partial charge is 0.139 e. The van der Waals surface area contributed by atoms with Crippen LogP contribution >= 0.6 is 0 Å². The van der Waals surface area contributed by atoms with E-state index in [1.807, 2.05) is 0 Å². The van der Waals surface area contributed by atoms with Crippen molar-refractivity contribution >= 4 is 23.1 Å². The van der Waals surface area contributed by atoms with E-state index in [2.05, 4.69) is 30.8 Å². The maximum Gasteiger partial charge on any atom is 0.139 e. The highest BCUT2D eigenvalue weighted by atomic mass is 16.1. The highest BCUT2D eigenvalue weighted by Gasteiger charge is 2.66. The molecule has 0 saturated heterocycles. The number of carbonyl (C=O) groups excluding carboxylic acids is 4. The fourth-order valence-electron chi connectivity index (χ4n) is 8.17. The monoisotopic (exact) mass is 441 g/mol. The third-order valence-electron chi connectivity index (χ3n) is 10.1. The molecule has 0 aliphatic heterocycles. The quantitative estimate of drug-likeness (QED) is 0.332. The zero-order valence-electron chi connectivity index (χ0n) is 19.5. The van der Waals surface area contributed by atoms with Gasteiger partial charge in [0.1, 0.15) is 23.1 Å². The lowest BCUT2D eigenvalue weighted by atomic mass is 9.44. The number of rotatable bonds is 6. The predicted octanol–water partition coefficient (Wildman–Crippen LogP) is 4.87. The summed E-state index contributed by atoms with van der Waals surface area (Å²) in [6.45, 7) is 6.31. The van der Waals surface area contributed by atoms with Crippen molar-refractivity contribution in [3.8, 4) is 0 Å². The second-order valence-corrected chi connectivity index (χ2v) is 11.4. The molecule has 4 fully saturated rings. The van der Waals surface area contributed by atoms with Crippen LogP contribution in [-0.2, 0) is 19.2 Å². The predicted molar refractivity (Wildman–Crippen MR) is 118 cm³/mol. The van der Waals surface area contributed by atoms with Gasteiger partial charge in [-0.05, 0) is 66.2 Å². The lowest BCUT2D eigenvalue weighted by Crippen LogP contribution is -2.60. The van der Waals surface area contributed by atoms with Crippen LogP contribution in [0.1, 0.15) is 78.6 Å². The van der Waals surface area contributed by atoms with Crippen LogP contribution < -0.4 is 0 Å². The Morgan fingerprint density at radius 1 is 1.16 bits per heavy atom. The minimum absolute atomic E-state index is 0.0619. The van der Waals surface area contributed by atoms with E-state index in [4.69, 9.17) is 5.53 Å². The normalized spacial score (nSPS) is 41.8. The summed E-state index contributed by atoms with van der Waals surface area (Å²) in [5.74, 6) is 1.25. The molecule has 4 aliphatic carbocycles. The average molecular weight is 442 g/mol. The molecule has 0 heterocycles. The highest BCUT2D eigenvalue weighted by Crippen LogP contribution is 2.66. The summed E-state index contributed by atoms with van der Waals surface area (Å²) in [5.41, 5.74) is 7.79. The molecule has 0 radical (unpaired) electrons. The highest BCUT2D eigenvalue weighted by molar-refractivity contribution is 5.93. The molecule has 0 unspecified atom stereocenters. The lowest BCUT2D eigenvalue weighted by molar-refractivity contribution is -0.166. The van der Waals surface area contributed by atoms with Gasteiger partial charge in [0.25, 0.3) is 0 Å². The van der Waals surface area contributed by atoms with Gasteiger partial charge in [0.05, 0.1) is 6.54 Å². The minimum Gasteiger partial charge on any atom is -0.300 e. The van der Waals surface area contributed by atoms with Crippen molar-refractivity contribution in [2.45, 2.75) is 78.6 Å². The van der Waals surface area contributed by atoms with Crippen molar-refractivity contribution in [3.63, 3.8) is 0 Å². The zero-order chi connectivity index (χ0) is 23.3. The Hall–Kier alpha value is -2.01. The summed E-state index contributed by atoms with van der Waals surface area (Å²) in [7, 11) is 0. The van der Waals surface area contributed by atoms with E-state index < -0.39 is 5.41 Å². The zero-order valence-corrected chi connectivity index (χ0v) is 19.5. The Morgan fingerprint density at radius 3 is 2.62 bits per heavy atom. The van der Waals surface area contributed by atoms with Gasteiger partial charge in [-0.2, -0.15) is 0 Å². The summed E-state index contributed by atoms with van der Waals surface area (Å²) in [6, 6.07) is 0. The van der Waals surface area contributed by atoms with Crippen molar-refractivity contribution in [2.24, 2.45) is 51.5 Å². The lowest BCUT2D eigenvalue weighted by Gasteiger charge is -2.58. The molecular weight excluding hydrogens is 406 g/mol. The molecule has 0 aromatic carbocycles. The first-order valence-corrected chi connectivity index (χ1v) is 12.2. The molecule has 7 heteroatoms. The van der Waals surface area contributed by atoms with Gasteiger partial charge >= 0.3 is 0 Å². The minimum atomic E-state index is -0.516. The van der Waals surface area contributed by atoms with Gasteiger partial charge < -0.3 is 0 Å². The van der Waals surface area contributed by atoms with Crippen molar-refractivity contribution in [1.29, 1.82) is 0 Å². The van der Waals surface area contributed by atoms with Crippen molar-refractivity contribution in [1.82, 2.24) is 0 Å².